The average Bonchev–Trinajstić information content (AvgIpc) is 3.02. The van der Waals surface area contributed by atoms with E-state index < -0.39 is 0 Å². The Balaban J connectivity index is 1.69. The molecule has 0 saturated heterocycles. The van der Waals surface area contributed by atoms with Gasteiger partial charge in [-0.2, -0.15) is 4.98 Å². The van der Waals surface area contributed by atoms with Crippen LogP contribution >= 0.6 is 23.2 Å². The monoisotopic (exact) mass is 363 g/mol. The molecule has 1 aromatic carbocycles. The smallest absolute Gasteiger partial charge is 0.269 e. The second-order valence-corrected chi connectivity index (χ2v) is 6.29. The Morgan fingerprint density at radius 2 is 1.83 bits per heavy atom. The number of hydrogen-bond donors (Lipinski definition) is 0. The molecule has 0 aliphatic heterocycles. The third-order valence-corrected chi connectivity index (χ3v) is 4.24. The van der Waals surface area contributed by atoms with Gasteiger partial charge >= 0.3 is 0 Å². The molecule has 5 nitrogen and oxygen atoms in total. The lowest BCUT2D eigenvalue weighted by Crippen LogP contribution is -2.23. The average molecular weight is 364 g/mol. The summed E-state index contributed by atoms with van der Waals surface area (Å²) in [6, 6.07) is 11.0. The molecule has 2 heterocycles. The molecule has 0 spiro atoms. The van der Waals surface area contributed by atoms with E-state index in [1.165, 1.54) is 4.57 Å². The molecule has 24 heavy (non-hydrogen) atoms. The zero-order valence-corrected chi connectivity index (χ0v) is 14.5. The van der Waals surface area contributed by atoms with Crippen LogP contribution in [-0.4, -0.2) is 14.7 Å². The molecule has 7 heteroatoms. The van der Waals surface area contributed by atoms with Gasteiger partial charge in [0.25, 0.3) is 5.56 Å². The highest BCUT2D eigenvalue weighted by atomic mass is 35.5. The number of rotatable bonds is 5. The van der Waals surface area contributed by atoms with Crippen molar-refractivity contribution >= 4 is 23.2 Å². The minimum absolute atomic E-state index is 0.170. The van der Waals surface area contributed by atoms with Gasteiger partial charge < -0.3 is 9.09 Å². The fourth-order valence-corrected chi connectivity index (χ4v) is 2.63. The fraction of sp³-hybridized carbons (Fsp3) is 0.235. The lowest BCUT2D eigenvalue weighted by molar-refractivity contribution is 0.364. The van der Waals surface area contributed by atoms with Crippen molar-refractivity contribution in [2.24, 2.45) is 0 Å². The maximum Gasteiger partial charge on any atom is 0.269 e. The van der Waals surface area contributed by atoms with E-state index in [2.05, 4.69) is 10.1 Å². The van der Waals surface area contributed by atoms with Crippen molar-refractivity contribution in [3.8, 4) is 0 Å². The second-order valence-electron chi connectivity index (χ2n) is 5.44. The first-order chi connectivity index (χ1) is 11.5. The molecule has 0 aliphatic carbocycles. The molecule has 0 atom stereocenters. The van der Waals surface area contributed by atoms with Gasteiger partial charge in [-0.3, -0.25) is 4.79 Å². The second kappa shape index (κ2) is 7.20. The van der Waals surface area contributed by atoms with Crippen molar-refractivity contribution in [3.63, 3.8) is 0 Å². The molecule has 0 amide bonds. The number of nitrogens with zero attached hydrogens (tertiary/aromatic N) is 3. The number of aromatic nitrogens is 3. The van der Waals surface area contributed by atoms with Crippen LogP contribution in [0.2, 0.25) is 10.0 Å². The molecule has 3 rings (SSSR count). The van der Waals surface area contributed by atoms with Crippen LogP contribution in [0.5, 0.6) is 0 Å². The van der Waals surface area contributed by atoms with Gasteiger partial charge in [0.05, 0.1) is 0 Å². The predicted molar refractivity (Wildman–Crippen MR) is 92.7 cm³/mol. The normalized spacial score (nSPS) is 11.0. The largest absolute Gasteiger partial charge is 0.337 e. The third-order valence-electron chi connectivity index (χ3n) is 3.70. The van der Waals surface area contributed by atoms with Gasteiger partial charge in [0.15, 0.2) is 5.82 Å². The molecule has 0 bridgehead atoms. The van der Waals surface area contributed by atoms with Crippen molar-refractivity contribution in [3.05, 3.63) is 79.8 Å². The number of benzene rings is 1. The first-order valence-corrected chi connectivity index (χ1v) is 8.20. The summed E-state index contributed by atoms with van der Waals surface area (Å²) in [5.41, 5.74) is 1.66. The summed E-state index contributed by atoms with van der Waals surface area (Å²) in [7, 11) is 0. The Labute approximate surface area is 148 Å². The molecule has 2 aromatic heterocycles. The van der Waals surface area contributed by atoms with Gasteiger partial charge in [-0.1, -0.05) is 40.5 Å². The minimum atomic E-state index is -0.266. The Morgan fingerprint density at radius 1 is 1.08 bits per heavy atom. The Kier molecular flexibility index (Phi) is 5.02. The fourth-order valence-electron chi connectivity index (χ4n) is 2.34. The highest BCUT2D eigenvalue weighted by molar-refractivity contribution is 6.30. The van der Waals surface area contributed by atoms with Crippen LogP contribution in [0.3, 0.4) is 0 Å². The molecule has 0 fully saturated rings. The first-order valence-electron chi connectivity index (χ1n) is 7.45. The van der Waals surface area contributed by atoms with Crippen LogP contribution in [0.25, 0.3) is 0 Å². The van der Waals surface area contributed by atoms with Gasteiger partial charge in [-0.05, 0) is 43.2 Å². The van der Waals surface area contributed by atoms with E-state index in [-0.39, 0.29) is 17.1 Å². The standard InChI is InChI=1S/C17H15Cl2N3O2/c1-11-2-8-14(19)17(23)22(11)10-16-20-15(21-24-16)9-5-12-3-6-13(18)7-4-12/h2-4,6-8H,5,9-10H2,1H3. The van der Waals surface area contributed by atoms with Gasteiger partial charge in [-0.15, -0.1) is 0 Å². The van der Waals surface area contributed by atoms with E-state index in [4.69, 9.17) is 27.7 Å². The van der Waals surface area contributed by atoms with Crippen LogP contribution in [0.1, 0.15) is 23.0 Å². The summed E-state index contributed by atoms with van der Waals surface area (Å²) >= 11 is 11.7. The SMILES string of the molecule is Cc1ccc(Cl)c(=O)n1Cc1nc(CCc2ccc(Cl)cc2)no1. The molecule has 0 saturated carbocycles. The summed E-state index contributed by atoms with van der Waals surface area (Å²) < 4.78 is 6.75. The van der Waals surface area contributed by atoms with Crippen molar-refractivity contribution in [1.82, 2.24) is 14.7 Å². The maximum absolute atomic E-state index is 12.1. The number of hydrogen-bond acceptors (Lipinski definition) is 4. The van der Waals surface area contributed by atoms with Gasteiger partial charge in [0.1, 0.15) is 11.6 Å². The first kappa shape index (κ1) is 16.7. The predicted octanol–water partition coefficient (Wildman–Crippen LogP) is 3.68. The summed E-state index contributed by atoms with van der Waals surface area (Å²) in [6.07, 6.45) is 1.43. The zero-order valence-electron chi connectivity index (χ0n) is 13.0. The van der Waals surface area contributed by atoms with Crippen molar-refractivity contribution in [2.45, 2.75) is 26.3 Å². The molecule has 3 aromatic rings. The quantitative estimate of drug-likeness (QED) is 0.693. The Bertz CT molecular complexity index is 901. The summed E-state index contributed by atoms with van der Waals surface area (Å²) in [6.45, 7) is 2.04. The van der Waals surface area contributed by atoms with E-state index >= 15 is 0 Å². The molecule has 0 unspecified atom stereocenters. The van der Waals surface area contributed by atoms with Crippen molar-refractivity contribution in [2.75, 3.05) is 0 Å². The number of pyridine rings is 1. The lowest BCUT2D eigenvalue weighted by atomic mass is 10.1. The Hall–Kier alpha value is -2.11. The van der Waals surface area contributed by atoms with Gasteiger partial charge in [0.2, 0.25) is 5.89 Å². The molecular formula is C17H15Cl2N3O2. The van der Waals surface area contributed by atoms with E-state index in [0.717, 1.165) is 17.7 Å². The highest BCUT2D eigenvalue weighted by Crippen LogP contribution is 2.12. The maximum atomic E-state index is 12.1. The van der Waals surface area contributed by atoms with Crippen LogP contribution in [0.15, 0.2) is 45.7 Å². The zero-order chi connectivity index (χ0) is 17.1. The van der Waals surface area contributed by atoms with Crippen LogP contribution in [-0.2, 0) is 19.4 Å². The molecule has 0 radical (unpaired) electrons. The van der Waals surface area contributed by atoms with E-state index in [1.54, 1.807) is 12.1 Å². The summed E-state index contributed by atoms with van der Waals surface area (Å²) in [5.74, 6) is 0.987. The molecule has 0 aliphatic rings. The van der Waals surface area contributed by atoms with Crippen LogP contribution < -0.4 is 5.56 Å². The molecule has 0 N–H and O–H groups in total. The van der Waals surface area contributed by atoms with Crippen molar-refractivity contribution < 1.29 is 4.52 Å². The highest BCUT2D eigenvalue weighted by Gasteiger charge is 2.11. The number of halogens is 2. The lowest BCUT2D eigenvalue weighted by Gasteiger charge is -2.06. The van der Waals surface area contributed by atoms with E-state index in [0.29, 0.717) is 23.2 Å². The molecule has 124 valence electrons. The minimum Gasteiger partial charge on any atom is -0.337 e. The van der Waals surface area contributed by atoms with Crippen LogP contribution in [0.4, 0.5) is 0 Å². The van der Waals surface area contributed by atoms with Crippen molar-refractivity contribution in [1.29, 1.82) is 0 Å². The van der Waals surface area contributed by atoms with Gasteiger partial charge in [0, 0.05) is 17.1 Å². The molecular weight excluding hydrogens is 349 g/mol. The van der Waals surface area contributed by atoms with Gasteiger partial charge in [-0.25, -0.2) is 0 Å². The summed E-state index contributed by atoms with van der Waals surface area (Å²) in [4.78, 5) is 16.4. The third kappa shape index (κ3) is 3.86. The van der Waals surface area contributed by atoms with E-state index in [9.17, 15) is 4.79 Å². The number of aryl methyl sites for hydroxylation is 3. The van der Waals surface area contributed by atoms with Crippen LogP contribution in [0, 0.1) is 6.92 Å². The van der Waals surface area contributed by atoms with E-state index in [1.807, 2.05) is 31.2 Å². The summed E-state index contributed by atoms with van der Waals surface area (Å²) in [5, 5.41) is 4.85. The topological polar surface area (TPSA) is 60.9 Å². The Morgan fingerprint density at radius 3 is 2.58 bits per heavy atom.